The van der Waals surface area contributed by atoms with Crippen molar-refractivity contribution >= 4 is 23.2 Å². The molecule has 98 valence electrons. The fourth-order valence-electron chi connectivity index (χ4n) is 2.22. The van der Waals surface area contributed by atoms with Gasteiger partial charge in [0, 0.05) is 11.4 Å². The lowest BCUT2D eigenvalue weighted by molar-refractivity contribution is -0.146. The Labute approximate surface area is 110 Å². The molecule has 5 nitrogen and oxygen atoms in total. The minimum absolute atomic E-state index is 0.0116. The average molecular weight is 268 g/mol. The van der Waals surface area contributed by atoms with Gasteiger partial charge in [-0.15, -0.1) is 11.3 Å². The molecule has 2 rings (SSSR count). The van der Waals surface area contributed by atoms with Crippen LogP contribution in [0.15, 0.2) is 10.9 Å². The molecule has 0 spiro atoms. The standard InChI is InChI=1S/C12H16N2O3S/c1-17-12(16)8-2-4-9(5-3-8)14-11(15)10-6-18-7-13-10/h6-9H,2-5H2,1H3,(H,14,15). The van der Waals surface area contributed by atoms with E-state index in [0.29, 0.717) is 5.69 Å². The molecule has 0 unspecified atom stereocenters. The Bertz CT molecular complexity index is 411. The first-order valence-corrected chi connectivity index (χ1v) is 6.92. The van der Waals surface area contributed by atoms with Gasteiger partial charge in [-0.3, -0.25) is 9.59 Å². The van der Waals surface area contributed by atoms with Gasteiger partial charge in [0.2, 0.25) is 0 Å². The van der Waals surface area contributed by atoms with Crippen molar-refractivity contribution < 1.29 is 14.3 Å². The number of thiazole rings is 1. The largest absolute Gasteiger partial charge is 0.469 e. The van der Waals surface area contributed by atoms with E-state index in [2.05, 4.69) is 10.3 Å². The van der Waals surface area contributed by atoms with Gasteiger partial charge in [-0.25, -0.2) is 4.98 Å². The molecule has 1 N–H and O–H groups in total. The van der Waals surface area contributed by atoms with Crippen molar-refractivity contribution in [1.29, 1.82) is 0 Å². The van der Waals surface area contributed by atoms with Crippen molar-refractivity contribution in [3.63, 3.8) is 0 Å². The van der Waals surface area contributed by atoms with Gasteiger partial charge in [0.05, 0.1) is 18.5 Å². The average Bonchev–Trinajstić information content (AvgIpc) is 2.92. The SMILES string of the molecule is COC(=O)C1CCC(NC(=O)c2cscn2)CC1. The molecule has 0 aromatic carbocycles. The lowest BCUT2D eigenvalue weighted by Gasteiger charge is -2.27. The predicted molar refractivity (Wildman–Crippen MR) is 67.3 cm³/mol. The summed E-state index contributed by atoms with van der Waals surface area (Å²) in [4.78, 5) is 27.1. The molecule has 1 aliphatic rings. The van der Waals surface area contributed by atoms with Gasteiger partial charge in [0.15, 0.2) is 0 Å². The molecule has 18 heavy (non-hydrogen) atoms. The lowest BCUT2D eigenvalue weighted by Crippen LogP contribution is -2.39. The summed E-state index contributed by atoms with van der Waals surface area (Å²) < 4.78 is 4.73. The quantitative estimate of drug-likeness (QED) is 0.846. The molecule has 1 amide bonds. The van der Waals surface area contributed by atoms with E-state index in [9.17, 15) is 9.59 Å². The third kappa shape index (κ3) is 3.07. The number of hydrogen-bond donors (Lipinski definition) is 1. The molecule has 0 bridgehead atoms. The van der Waals surface area contributed by atoms with Gasteiger partial charge < -0.3 is 10.1 Å². The normalized spacial score (nSPS) is 23.4. The number of aromatic nitrogens is 1. The van der Waals surface area contributed by atoms with E-state index >= 15 is 0 Å². The zero-order valence-electron chi connectivity index (χ0n) is 10.2. The number of nitrogens with one attached hydrogen (secondary N) is 1. The first-order valence-electron chi connectivity index (χ1n) is 5.97. The second-order valence-electron chi connectivity index (χ2n) is 4.42. The molecule has 0 saturated heterocycles. The van der Waals surface area contributed by atoms with E-state index in [1.54, 1.807) is 10.9 Å². The number of nitrogens with zero attached hydrogens (tertiary/aromatic N) is 1. The van der Waals surface area contributed by atoms with Crippen LogP contribution in [0.25, 0.3) is 0 Å². The molecule has 1 saturated carbocycles. The van der Waals surface area contributed by atoms with Gasteiger partial charge in [0.1, 0.15) is 5.69 Å². The summed E-state index contributed by atoms with van der Waals surface area (Å²) in [5.41, 5.74) is 2.11. The molecule has 0 radical (unpaired) electrons. The molecule has 6 heteroatoms. The van der Waals surface area contributed by atoms with E-state index < -0.39 is 0 Å². The molecule has 1 aromatic heterocycles. The van der Waals surface area contributed by atoms with Crippen molar-refractivity contribution in [2.75, 3.05) is 7.11 Å². The molecule has 0 atom stereocenters. The van der Waals surface area contributed by atoms with Crippen LogP contribution >= 0.6 is 11.3 Å². The second-order valence-corrected chi connectivity index (χ2v) is 5.14. The summed E-state index contributed by atoms with van der Waals surface area (Å²) in [6.45, 7) is 0. The number of carbonyl (C=O) groups is 2. The van der Waals surface area contributed by atoms with Gasteiger partial charge >= 0.3 is 5.97 Å². The summed E-state index contributed by atoms with van der Waals surface area (Å²) in [5.74, 6) is -0.278. The molecule has 1 fully saturated rings. The van der Waals surface area contributed by atoms with E-state index in [4.69, 9.17) is 4.74 Å². The van der Waals surface area contributed by atoms with Crippen molar-refractivity contribution in [2.24, 2.45) is 5.92 Å². The molecular weight excluding hydrogens is 252 g/mol. The Kier molecular flexibility index (Phi) is 4.30. The number of methoxy groups -OCH3 is 1. The van der Waals surface area contributed by atoms with Gasteiger partial charge in [-0.05, 0) is 25.7 Å². The van der Waals surface area contributed by atoms with Gasteiger partial charge in [0.25, 0.3) is 5.91 Å². The van der Waals surface area contributed by atoms with E-state index in [1.165, 1.54) is 18.4 Å². The summed E-state index contributed by atoms with van der Waals surface area (Å²) in [6, 6.07) is 0.139. The minimum atomic E-state index is -0.140. The van der Waals surface area contributed by atoms with Crippen LogP contribution in [0.5, 0.6) is 0 Å². The Morgan fingerprint density at radius 3 is 2.67 bits per heavy atom. The Morgan fingerprint density at radius 1 is 1.39 bits per heavy atom. The zero-order valence-corrected chi connectivity index (χ0v) is 11.0. The van der Waals surface area contributed by atoms with Gasteiger partial charge in [-0.1, -0.05) is 0 Å². The maximum absolute atomic E-state index is 11.8. The van der Waals surface area contributed by atoms with Crippen LogP contribution in [0.1, 0.15) is 36.2 Å². The number of hydrogen-bond acceptors (Lipinski definition) is 5. The molecule has 1 aliphatic carbocycles. The first-order chi connectivity index (χ1) is 8.70. The highest BCUT2D eigenvalue weighted by Gasteiger charge is 2.27. The smallest absolute Gasteiger partial charge is 0.308 e. The highest BCUT2D eigenvalue weighted by Crippen LogP contribution is 2.25. The van der Waals surface area contributed by atoms with Crippen molar-refractivity contribution in [3.05, 3.63) is 16.6 Å². The number of carbonyl (C=O) groups excluding carboxylic acids is 2. The number of esters is 1. The second kappa shape index (κ2) is 5.95. The summed E-state index contributed by atoms with van der Waals surface area (Å²) in [5, 5.41) is 4.68. The fourth-order valence-corrected chi connectivity index (χ4v) is 2.76. The topological polar surface area (TPSA) is 68.3 Å². The minimum Gasteiger partial charge on any atom is -0.469 e. The predicted octanol–water partition coefficient (Wildman–Crippen LogP) is 1.60. The number of amides is 1. The van der Waals surface area contributed by atoms with Gasteiger partial charge in [-0.2, -0.15) is 0 Å². The van der Waals surface area contributed by atoms with Crippen molar-refractivity contribution in [1.82, 2.24) is 10.3 Å². The highest BCUT2D eigenvalue weighted by molar-refractivity contribution is 7.07. The summed E-state index contributed by atoms with van der Waals surface area (Å²) >= 11 is 1.40. The van der Waals surface area contributed by atoms with Crippen LogP contribution in [-0.2, 0) is 9.53 Å². The van der Waals surface area contributed by atoms with Crippen LogP contribution < -0.4 is 5.32 Å². The van der Waals surface area contributed by atoms with Crippen LogP contribution in [0.2, 0.25) is 0 Å². The Morgan fingerprint density at radius 2 is 2.11 bits per heavy atom. The fraction of sp³-hybridized carbons (Fsp3) is 0.583. The number of rotatable bonds is 3. The summed E-state index contributed by atoms with van der Waals surface area (Å²) in [6.07, 6.45) is 3.18. The zero-order chi connectivity index (χ0) is 13.0. The van der Waals surface area contributed by atoms with E-state index in [1.807, 2.05) is 0 Å². The Balaban J connectivity index is 1.80. The Hall–Kier alpha value is -1.43. The molecular formula is C12H16N2O3S. The maximum Gasteiger partial charge on any atom is 0.308 e. The molecule has 1 heterocycles. The van der Waals surface area contributed by atoms with E-state index in [-0.39, 0.29) is 23.8 Å². The van der Waals surface area contributed by atoms with Crippen molar-refractivity contribution in [3.8, 4) is 0 Å². The number of ether oxygens (including phenoxy) is 1. The molecule has 1 aromatic rings. The lowest BCUT2D eigenvalue weighted by atomic mass is 9.86. The molecule has 0 aliphatic heterocycles. The monoisotopic (exact) mass is 268 g/mol. The first kappa shape index (κ1) is 13.0. The maximum atomic E-state index is 11.8. The third-order valence-corrected chi connectivity index (χ3v) is 3.85. The summed E-state index contributed by atoms with van der Waals surface area (Å²) in [7, 11) is 1.42. The highest BCUT2D eigenvalue weighted by atomic mass is 32.1. The third-order valence-electron chi connectivity index (χ3n) is 3.26. The van der Waals surface area contributed by atoms with Crippen LogP contribution in [0, 0.1) is 5.92 Å². The van der Waals surface area contributed by atoms with Crippen LogP contribution in [-0.4, -0.2) is 30.0 Å². The van der Waals surface area contributed by atoms with Crippen molar-refractivity contribution in [2.45, 2.75) is 31.7 Å². The van der Waals surface area contributed by atoms with Crippen LogP contribution in [0.4, 0.5) is 0 Å². The van der Waals surface area contributed by atoms with Crippen LogP contribution in [0.3, 0.4) is 0 Å². The van der Waals surface area contributed by atoms with E-state index in [0.717, 1.165) is 25.7 Å².